The zero-order valence-electron chi connectivity index (χ0n) is 9.73. The Morgan fingerprint density at radius 2 is 2.12 bits per heavy atom. The summed E-state index contributed by atoms with van der Waals surface area (Å²) >= 11 is 4.72. The van der Waals surface area contributed by atoms with E-state index in [1.165, 1.54) is 0 Å². The molecule has 3 N–H and O–H groups in total. The molecule has 0 aliphatic rings. The lowest BCUT2D eigenvalue weighted by Gasteiger charge is -2.10. The van der Waals surface area contributed by atoms with Crippen molar-refractivity contribution in [2.75, 3.05) is 11.9 Å². The lowest BCUT2D eigenvalue weighted by atomic mass is 10.2. The number of rotatable bonds is 6. The van der Waals surface area contributed by atoms with Crippen LogP contribution in [0.3, 0.4) is 0 Å². The smallest absolute Gasteiger partial charge is 0.224 e. The number of hydrogen-bond acceptors (Lipinski definition) is 3. The lowest BCUT2D eigenvalue weighted by molar-refractivity contribution is -0.116. The summed E-state index contributed by atoms with van der Waals surface area (Å²) in [5.41, 5.74) is 6.01. The van der Waals surface area contributed by atoms with E-state index in [-0.39, 0.29) is 12.3 Å². The Balaban J connectivity index is 2.61. The second-order valence-electron chi connectivity index (χ2n) is 3.44. The fourth-order valence-electron chi connectivity index (χ4n) is 1.30. The van der Waals surface area contributed by atoms with Crippen LogP contribution in [0.5, 0.6) is 5.75 Å². The molecular weight excluding hydrogens is 236 g/mol. The van der Waals surface area contributed by atoms with Gasteiger partial charge in [0, 0.05) is 12.8 Å². The highest BCUT2D eigenvalue weighted by Crippen LogP contribution is 2.23. The van der Waals surface area contributed by atoms with Crippen LogP contribution < -0.4 is 15.8 Å². The summed E-state index contributed by atoms with van der Waals surface area (Å²) in [7, 11) is 0. The van der Waals surface area contributed by atoms with Crippen molar-refractivity contribution < 1.29 is 9.53 Å². The van der Waals surface area contributed by atoms with E-state index in [4.69, 9.17) is 22.7 Å². The van der Waals surface area contributed by atoms with E-state index in [9.17, 15) is 4.79 Å². The van der Waals surface area contributed by atoms with Gasteiger partial charge in [-0.15, -0.1) is 0 Å². The van der Waals surface area contributed by atoms with E-state index in [0.29, 0.717) is 29.5 Å². The first-order valence-electron chi connectivity index (χ1n) is 5.43. The largest absolute Gasteiger partial charge is 0.492 e. The van der Waals surface area contributed by atoms with Crippen molar-refractivity contribution in [2.45, 2.75) is 19.8 Å². The van der Waals surface area contributed by atoms with Crippen LogP contribution in [-0.4, -0.2) is 17.5 Å². The van der Waals surface area contributed by atoms with Crippen LogP contribution in [0.15, 0.2) is 24.3 Å². The van der Waals surface area contributed by atoms with Gasteiger partial charge in [0.15, 0.2) is 0 Å². The molecule has 0 aliphatic carbocycles. The van der Waals surface area contributed by atoms with Crippen molar-refractivity contribution in [1.82, 2.24) is 0 Å². The molecule has 0 unspecified atom stereocenters. The summed E-state index contributed by atoms with van der Waals surface area (Å²) in [5, 5.41) is 2.77. The SMILES string of the molecule is CCOc1ccccc1NC(=O)CCC(N)=S. The topological polar surface area (TPSA) is 64.3 Å². The van der Waals surface area contributed by atoms with Crippen LogP contribution in [0.2, 0.25) is 0 Å². The summed E-state index contributed by atoms with van der Waals surface area (Å²) in [6.07, 6.45) is 0.702. The van der Waals surface area contributed by atoms with E-state index in [1.54, 1.807) is 6.07 Å². The number of nitrogens with one attached hydrogen (secondary N) is 1. The van der Waals surface area contributed by atoms with Gasteiger partial charge in [0.1, 0.15) is 5.75 Å². The summed E-state index contributed by atoms with van der Waals surface area (Å²) in [4.78, 5) is 11.9. The average molecular weight is 252 g/mol. The number of hydrogen-bond donors (Lipinski definition) is 2. The minimum atomic E-state index is -0.120. The highest BCUT2D eigenvalue weighted by atomic mass is 32.1. The number of ether oxygens (including phenoxy) is 1. The van der Waals surface area contributed by atoms with Gasteiger partial charge in [-0.25, -0.2) is 0 Å². The summed E-state index contributed by atoms with van der Waals surface area (Å²) in [6, 6.07) is 7.30. The molecule has 0 saturated heterocycles. The number of nitrogens with two attached hydrogens (primary N) is 1. The first-order chi connectivity index (χ1) is 8.13. The number of thiocarbonyl (C=S) groups is 1. The second kappa shape index (κ2) is 6.85. The Bertz CT molecular complexity index is 407. The molecule has 0 aromatic heterocycles. The molecule has 0 aliphatic heterocycles. The maximum Gasteiger partial charge on any atom is 0.224 e. The second-order valence-corrected chi connectivity index (χ2v) is 3.97. The Labute approximate surface area is 106 Å². The van der Waals surface area contributed by atoms with Crippen molar-refractivity contribution in [3.05, 3.63) is 24.3 Å². The zero-order valence-corrected chi connectivity index (χ0v) is 10.5. The van der Waals surface area contributed by atoms with Gasteiger partial charge in [-0.1, -0.05) is 24.4 Å². The summed E-state index contributed by atoms with van der Waals surface area (Å²) in [6.45, 7) is 2.45. The van der Waals surface area contributed by atoms with Crippen LogP contribution in [0.25, 0.3) is 0 Å². The van der Waals surface area contributed by atoms with Crippen molar-refractivity contribution in [3.8, 4) is 5.75 Å². The molecule has 1 aromatic carbocycles. The summed E-state index contributed by atoms with van der Waals surface area (Å²) < 4.78 is 5.40. The van der Waals surface area contributed by atoms with E-state index < -0.39 is 0 Å². The minimum Gasteiger partial charge on any atom is -0.492 e. The molecule has 0 fully saturated rings. The Hall–Kier alpha value is -1.62. The third-order valence-electron chi connectivity index (χ3n) is 2.06. The van der Waals surface area contributed by atoms with Gasteiger partial charge in [0.25, 0.3) is 0 Å². The number of benzene rings is 1. The molecule has 0 saturated carbocycles. The molecular formula is C12H16N2O2S. The predicted molar refractivity (Wildman–Crippen MR) is 72.3 cm³/mol. The third-order valence-corrected chi connectivity index (χ3v) is 2.26. The number of anilines is 1. The molecule has 92 valence electrons. The third kappa shape index (κ3) is 4.82. The van der Waals surface area contributed by atoms with Crippen LogP contribution in [-0.2, 0) is 4.79 Å². The number of carbonyl (C=O) groups is 1. The monoisotopic (exact) mass is 252 g/mol. The number of amides is 1. The molecule has 0 heterocycles. The number of carbonyl (C=O) groups excluding carboxylic acids is 1. The van der Waals surface area contributed by atoms with E-state index in [0.717, 1.165) is 0 Å². The van der Waals surface area contributed by atoms with Crippen molar-refractivity contribution in [1.29, 1.82) is 0 Å². The first kappa shape index (κ1) is 13.4. The Morgan fingerprint density at radius 1 is 1.41 bits per heavy atom. The van der Waals surface area contributed by atoms with Gasteiger partial charge in [-0.05, 0) is 19.1 Å². The van der Waals surface area contributed by atoms with Crippen LogP contribution >= 0.6 is 12.2 Å². The maximum absolute atomic E-state index is 11.6. The molecule has 17 heavy (non-hydrogen) atoms. The fraction of sp³-hybridized carbons (Fsp3) is 0.333. The molecule has 0 spiro atoms. The minimum absolute atomic E-state index is 0.120. The molecule has 1 rings (SSSR count). The van der Waals surface area contributed by atoms with Gasteiger partial charge < -0.3 is 15.8 Å². The molecule has 0 atom stereocenters. The number of para-hydroxylation sites is 2. The van der Waals surface area contributed by atoms with Crippen molar-refractivity contribution >= 4 is 28.8 Å². The normalized spacial score (nSPS) is 9.71. The fourth-order valence-corrected chi connectivity index (χ4v) is 1.40. The maximum atomic E-state index is 11.6. The van der Waals surface area contributed by atoms with E-state index in [2.05, 4.69) is 5.32 Å². The van der Waals surface area contributed by atoms with Gasteiger partial charge in [-0.2, -0.15) is 0 Å². The van der Waals surface area contributed by atoms with Gasteiger partial charge in [0.05, 0.1) is 17.3 Å². The van der Waals surface area contributed by atoms with Gasteiger partial charge in [-0.3, -0.25) is 4.79 Å². The standard InChI is InChI=1S/C12H16N2O2S/c1-2-16-10-6-4-3-5-9(10)14-12(15)8-7-11(13)17/h3-6H,2,7-8H2,1H3,(H2,13,17)(H,14,15). The predicted octanol–water partition coefficient (Wildman–Crippen LogP) is 2.09. The molecule has 4 nitrogen and oxygen atoms in total. The summed E-state index contributed by atoms with van der Waals surface area (Å²) in [5.74, 6) is 0.545. The zero-order chi connectivity index (χ0) is 12.7. The highest BCUT2D eigenvalue weighted by molar-refractivity contribution is 7.80. The Kier molecular flexibility index (Phi) is 5.42. The van der Waals surface area contributed by atoms with Crippen LogP contribution in [0, 0.1) is 0 Å². The molecule has 5 heteroatoms. The molecule has 0 bridgehead atoms. The van der Waals surface area contributed by atoms with Gasteiger partial charge >= 0.3 is 0 Å². The van der Waals surface area contributed by atoms with E-state index in [1.807, 2.05) is 25.1 Å². The quantitative estimate of drug-likeness (QED) is 0.761. The van der Waals surface area contributed by atoms with Crippen LogP contribution in [0.1, 0.15) is 19.8 Å². The van der Waals surface area contributed by atoms with Crippen molar-refractivity contribution in [2.24, 2.45) is 5.73 Å². The molecule has 1 amide bonds. The average Bonchev–Trinajstić information content (AvgIpc) is 2.29. The van der Waals surface area contributed by atoms with E-state index >= 15 is 0 Å². The van der Waals surface area contributed by atoms with Gasteiger partial charge in [0.2, 0.25) is 5.91 Å². The lowest BCUT2D eigenvalue weighted by Crippen LogP contribution is -2.16. The van der Waals surface area contributed by atoms with Crippen molar-refractivity contribution in [3.63, 3.8) is 0 Å². The Morgan fingerprint density at radius 3 is 2.76 bits per heavy atom. The van der Waals surface area contributed by atoms with Crippen LogP contribution in [0.4, 0.5) is 5.69 Å². The molecule has 1 aromatic rings. The molecule has 0 radical (unpaired) electrons. The first-order valence-corrected chi connectivity index (χ1v) is 5.84. The highest BCUT2D eigenvalue weighted by Gasteiger charge is 2.07.